The third-order valence-electron chi connectivity index (χ3n) is 2.64. The lowest BCUT2D eigenvalue weighted by molar-refractivity contribution is -0.401. The van der Waals surface area contributed by atoms with E-state index >= 15 is 0 Å². The third kappa shape index (κ3) is 4.32. The van der Waals surface area contributed by atoms with Gasteiger partial charge in [-0.15, -0.1) is 10.2 Å². The van der Waals surface area contributed by atoms with Crippen molar-refractivity contribution < 1.29 is 23.0 Å². The van der Waals surface area contributed by atoms with Crippen molar-refractivity contribution in [3.05, 3.63) is 46.4 Å². The lowest BCUT2D eigenvalue weighted by Gasteiger charge is -1.95. The smallest absolute Gasteiger partial charge is 0.433 e. The first-order valence-corrected chi connectivity index (χ1v) is 7.66. The van der Waals surface area contributed by atoms with E-state index in [-0.39, 0.29) is 28.5 Å². The van der Waals surface area contributed by atoms with Crippen LogP contribution in [0.4, 0.5) is 5.88 Å². The van der Waals surface area contributed by atoms with Crippen LogP contribution >= 0.6 is 11.8 Å². The number of amides is 1. The highest BCUT2D eigenvalue weighted by Gasteiger charge is 2.18. The van der Waals surface area contributed by atoms with E-state index in [9.17, 15) is 14.9 Å². The van der Waals surface area contributed by atoms with Gasteiger partial charge in [-0.3, -0.25) is 14.9 Å². The third-order valence-corrected chi connectivity index (χ3v) is 3.46. The zero-order chi connectivity index (χ0) is 17.6. The van der Waals surface area contributed by atoms with Gasteiger partial charge in [-0.05, 0) is 18.2 Å². The molecular weight excluding hydrogens is 354 g/mol. The molecule has 3 aromatic rings. The fraction of sp³-hybridized carbons (Fsp3) is 0.0769. The lowest BCUT2D eigenvalue weighted by atomic mass is 10.4. The van der Waals surface area contributed by atoms with Crippen molar-refractivity contribution in [1.82, 2.24) is 15.6 Å². The van der Waals surface area contributed by atoms with E-state index in [0.717, 1.165) is 11.8 Å². The van der Waals surface area contributed by atoms with E-state index in [0.29, 0.717) is 5.76 Å². The quantitative estimate of drug-likeness (QED) is 0.288. The van der Waals surface area contributed by atoms with Crippen molar-refractivity contribution in [3.63, 3.8) is 0 Å². The number of hydrazone groups is 1. The van der Waals surface area contributed by atoms with Gasteiger partial charge >= 0.3 is 5.88 Å². The van der Waals surface area contributed by atoms with Crippen LogP contribution in [0.5, 0.6) is 0 Å². The number of nitrogens with zero attached hydrogens (tertiary/aromatic N) is 4. The van der Waals surface area contributed by atoms with E-state index in [1.807, 2.05) is 0 Å². The minimum absolute atomic E-state index is 0.0184. The highest BCUT2D eigenvalue weighted by Crippen LogP contribution is 2.27. The van der Waals surface area contributed by atoms with Gasteiger partial charge in [0.05, 0.1) is 24.3 Å². The molecule has 3 aromatic heterocycles. The zero-order valence-corrected chi connectivity index (χ0v) is 13.1. The largest absolute Gasteiger partial charge is 0.463 e. The van der Waals surface area contributed by atoms with Crippen LogP contribution in [0.1, 0.15) is 5.76 Å². The SMILES string of the molecule is O=C(CSc1nnc(-c2ccc([N+](=O)[O-])o2)o1)N/N=C/c1ccco1. The van der Waals surface area contributed by atoms with Crippen molar-refractivity contribution in [2.75, 3.05) is 5.75 Å². The van der Waals surface area contributed by atoms with Crippen LogP contribution in [0, 0.1) is 10.1 Å². The molecule has 0 saturated heterocycles. The Morgan fingerprint density at radius 2 is 2.24 bits per heavy atom. The first kappa shape index (κ1) is 16.4. The van der Waals surface area contributed by atoms with Crippen LogP contribution in [0.3, 0.4) is 0 Å². The molecule has 11 nitrogen and oxygen atoms in total. The summed E-state index contributed by atoms with van der Waals surface area (Å²) in [5.41, 5.74) is 2.31. The highest BCUT2D eigenvalue weighted by atomic mass is 32.2. The number of carbonyl (C=O) groups excluding carboxylic acids is 1. The molecule has 0 aromatic carbocycles. The fourth-order valence-electron chi connectivity index (χ4n) is 1.60. The van der Waals surface area contributed by atoms with Crippen LogP contribution in [-0.4, -0.2) is 33.0 Å². The Kier molecular flexibility index (Phi) is 4.89. The van der Waals surface area contributed by atoms with Crippen LogP contribution in [0.25, 0.3) is 11.7 Å². The summed E-state index contributed by atoms with van der Waals surface area (Å²) in [4.78, 5) is 21.5. The molecule has 0 unspecified atom stereocenters. The maximum Gasteiger partial charge on any atom is 0.433 e. The molecule has 128 valence electrons. The van der Waals surface area contributed by atoms with Crippen LogP contribution in [-0.2, 0) is 4.79 Å². The molecule has 0 fully saturated rings. The zero-order valence-electron chi connectivity index (χ0n) is 12.3. The topological polar surface area (TPSA) is 150 Å². The van der Waals surface area contributed by atoms with E-state index in [4.69, 9.17) is 13.3 Å². The standard InChI is InChI=1S/C13H9N5O6S/c19-10(15-14-6-8-2-1-5-22-8)7-25-13-17-16-12(24-13)9-3-4-11(23-9)18(20)21/h1-6H,7H2,(H,15,19)/b14-6+. The summed E-state index contributed by atoms with van der Waals surface area (Å²) < 4.78 is 15.2. The molecule has 1 amide bonds. The van der Waals surface area contributed by atoms with Crippen LogP contribution in [0.2, 0.25) is 0 Å². The van der Waals surface area contributed by atoms with Gasteiger partial charge in [0.2, 0.25) is 0 Å². The summed E-state index contributed by atoms with van der Waals surface area (Å²) in [5, 5.41) is 21.8. The van der Waals surface area contributed by atoms with Crippen molar-refractivity contribution in [2.45, 2.75) is 5.22 Å². The molecular formula is C13H9N5O6S. The van der Waals surface area contributed by atoms with E-state index in [1.165, 1.54) is 24.6 Å². The molecule has 0 spiro atoms. The normalized spacial score (nSPS) is 11.0. The molecule has 0 atom stereocenters. The molecule has 0 aliphatic carbocycles. The predicted octanol–water partition coefficient (Wildman–Crippen LogP) is 2.07. The van der Waals surface area contributed by atoms with Gasteiger partial charge in [0.1, 0.15) is 10.7 Å². The minimum atomic E-state index is -0.677. The second-order valence-electron chi connectivity index (χ2n) is 4.37. The molecule has 3 heterocycles. The molecule has 0 aliphatic rings. The first-order valence-electron chi connectivity index (χ1n) is 6.68. The number of rotatable bonds is 7. The van der Waals surface area contributed by atoms with Gasteiger partial charge in [-0.2, -0.15) is 5.10 Å². The number of nitrogens with one attached hydrogen (secondary N) is 1. The molecule has 12 heteroatoms. The Bertz CT molecular complexity index is 900. The van der Waals surface area contributed by atoms with Gasteiger partial charge < -0.3 is 13.3 Å². The summed E-state index contributed by atoms with van der Waals surface area (Å²) in [6.45, 7) is 0. The summed E-state index contributed by atoms with van der Waals surface area (Å²) in [6.07, 6.45) is 2.84. The maximum atomic E-state index is 11.6. The predicted molar refractivity (Wildman–Crippen MR) is 83.8 cm³/mol. The number of nitro groups is 1. The summed E-state index contributed by atoms with van der Waals surface area (Å²) >= 11 is 0.980. The number of aromatic nitrogens is 2. The highest BCUT2D eigenvalue weighted by molar-refractivity contribution is 7.99. The van der Waals surface area contributed by atoms with Crippen molar-refractivity contribution in [2.24, 2.45) is 5.10 Å². The maximum absolute atomic E-state index is 11.6. The molecule has 25 heavy (non-hydrogen) atoms. The number of carbonyl (C=O) groups is 1. The minimum Gasteiger partial charge on any atom is -0.463 e. The number of furan rings is 2. The Labute approximate surface area is 143 Å². The van der Waals surface area contributed by atoms with Crippen molar-refractivity contribution >= 4 is 29.8 Å². The molecule has 0 aliphatic heterocycles. The van der Waals surface area contributed by atoms with Gasteiger partial charge in [0, 0.05) is 0 Å². The van der Waals surface area contributed by atoms with Crippen molar-refractivity contribution in [3.8, 4) is 11.7 Å². The second-order valence-corrected chi connectivity index (χ2v) is 5.29. The summed E-state index contributed by atoms with van der Waals surface area (Å²) in [5.74, 6) is -0.292. The Hall–Kier alpha value is -3.41. The van der Waals surface area contributed by atoms with E-state index in [2.05, 4.69) is 20.7 Å². The molecule has 0 bridgehead atoms. The molecule has 0 saturated carbocycles. The van der Waals surface area contributed by atoms with Gasteiger partial charge in [-0.1, -0.05) is 11.8 Å². The Morgan fingerprint density at radius 1 is 1.36 bits per heavy atom. The number of thioether (sulfide) groups is 1. The summed E-state index contributed by atoms with van der Waals surface area (Å²) in [6, 6.07) is 5.90. The Balaban J connectivity index is 1.51. The van der Waals surface area contributed by atoms with E-state index < -0.39 is 10.8 Å². The first-order chi connectivity index (χ1) is 12.1. The Morgan fingerprint density at radius 3 is 2.96 bits per heavy atom. The lowest BCUT2D eigenvalue weighted by Crippen LogP contribution is -2.19. The average molecular weight is 363 g/mol. The van der Waals surface area contributed by atoms with E-state index in [1.54, 1.807) is 12.1 Å². The van der Waals surface area contributed by atoms with Crippen LogP contribution < -0.4 is 5.43 Å². The van der Waals surface area contributed by atoms with Crippen molar-refractivity contribution in [1.29, 1.82) is 0 Å². The van der Waals surface area contributed by atoms with Gasteiger partial charge in [0.25, 0.3) is 17.0 Å². The number of hydrogen-bond donors (Lipinski definition) is 1. The molecule has 1 N–H and O–H groups in total. The number of hydrogen-bond acceptors (Lipinski definition) is 10. The molecule has 0 radical (unpaired) electrons. The van der Waals surface area contributed by atoms with Crippen LogP contribution in [0.15, 0.2) is 54.1 Å². The monoisotopic (exact) mass is 363 g/mol. The second kappa shape index (κ2) is 7.44. The summed E-state index contributed by atoms with van der Waals surface area (Å²) in [7, 11) is 0. The average Bonchev–Trinajstić information content (AvgIpc) is 3.33. The fourth-order valence-corrected chi connectivity index (χ4v) is 2.16. The molecule has 3 rings (SSSR count). The van der Waals surface area contributed by atoms with Gasteiger partial charge in [-0.25, -0.2) is 5.43 Å². The van der Waals surface area contributed by atoms with Gasteiger partial charge in [0.15, 0.2) is 5.76 Å².